The molecule has 0 bridgehead atoms. The highest BCUT2D eigenvalue weighted by atomic mass is 16.6. The largest absolute Gasteiger partial charge is 0.476 e. The van der Waals surface area contributed by atoms with Crippen molar-refractivity contribution in [2.75, 3.05) is 32.2 Å². The van der Waals surface area contributed by atoms with Crippen LogP contribution in [0, 0.1) is 16.0 Å². The minimum Gasteiger partial charge on any atom is -0.476 e. The predicted molar refractivity (Wildman–Crippen MR) is 62.7 cm³/mol. The molecule has 1 unspecified atom stereocenters. The van der Waals surface area contributed by atoms with Crippen LogP contribution in [-0.2, 0) is 4.74 Å². The molecule has 0 saturated carbocycles. The summed E-state index contributed by atoms with van der Waals surface area (Å²) in [6.07, 6.45) is 2.18. The summed E-state index contributed by atoms with van der Waals surface area (Å²) < 4.78 is 10.1. The van der Waals surface area contributed by atoms with E-state index in [0.29, 0.717) is 19.1 Å². The van der Waals surface area contributed by atoms with Crippen molar-refractivity contribution >= 4 is 11.5 Å². The summed E-state index contributed by atoms with van der Waals surface area (Å²) >= 11 is 0. The highest BCUT2D eigenvalue weighted by molar-refractivity contribution is 5.61. The molecule has 1 N–H and O–H groups in total. The van der Waals surface area contributed by atoms with Crippen LogP contribution in [0.25, 0.3) is 0 Å². The van der Waals surface area contributed by atoms with Crippen molar-refractivity contribution in [2.45, 2.75) is 6.42 Å². The van der Waals surface area contributed by atoms with Crippen LogP contribution >= 0.6 is 0 Å². The third-order valence-corrected chi connectivity index (χ3v) is 2.75. The van der Waals surface area contributed by atoms with Gasteiger partial charge in [0.05, 0.1) is 18.6 Å². The van der Waals surface area contributed by atoms with Crippen LogP contribution < -0.4 is 10.1 Å². The molecule has 98 valence electrons. The van der Waals surface area contributed by atoms with E-state index in [0.717, 1.165) is 13.0 Å². The fourth-order valence-electron chi connectivity index (χ4n) is 1.79. The van der Waals surface area contributed by atoms with E-state index in [1.165, 1.54) is 13.4 Å². The SMILES string of the molecule is COc1ncnc(NCC2CCOC2)c1[N+](=O)[O-]. The lowest BCUT2D eigenvalue weighted by Crippen LogP contribution is -2.16. The lowest BCUT2D eigenvalue weighted by molar-refractivity contribution is -0.385. The van der Waals surface area contributed by atoms with Crippen LogP contribution in [0.2, 0.25) is 0 Å². The molecule has 1 aromatic rings. The highest BCUT2D eigenvalue weighted by Gasteiger charge is 2.25. The second-order valence-corrected chi connectivity index (χ2v) is 3.95. The first-order valence-corrected chi connectivity index (χ1v) is 5.57. The van der Waals surface area contributed by atoms with Crippen LogP contribution in [0.3, 0.4) is 0 Å². The van der Waals surface area contributed by atoms with Gasteiger partial charge in [-0.2, -0.15) is 4.98 Å². The Balaban J connectivity index is 2.13. The van der Waals surface area contributed by atoms with E-state index in [4.69, 9.17) is 9.47 Å². The third kappa shape index (κ3) is 2.65. The zero-order valence-corrected chi connectivity index (χ0v) is 9.96. The molecule has 1 aliphatic rings. The van der Waals surface area contributed by atoms with Gasteiger partial charge in [-0.3, -0.25) is 10.1 Å². The van der Waals surface area contributed by atoms with E-state index in [-0.39, 0.29) is 17.4 Å². The Bertz CT molecular complexity index is 434. The zero-order valence-electron chi connectivity index (χ0n) is 9.96. The first-order valence-electron chi connectivity index (χ1n) is 5.57. The van der Waals surface area contributed by atoms with Crippen LogP contribution in [0.15, 0.2) is 6.33 Å². The van der Waals surface area contributed by atoms with Crippen molar-refractivity contribution in [1.82, 2.24) is 9.97 Å². The molecule has 1 atom stereocenters. The number of anilines is 1. The van der Waals surface area contributed by atoms with E-state index < -0.39 is 4.92 Å². The van der Waals surface area contributed by atoms with Gasteiger partial charge in [0.1, 0.15) is 6.33 Å². The van der Waals surface area contributed by atoms with Gasteiger partial charge < -0.3 is 14.8 Å². The number of rotatable bonds is 5. The van der Waals surface area contributed by atoms with Crippen molar-refractivity contribution in [3.63, 3.8) is 0 Å². The molecule has 2 heterocycles. The standard InChI is InChI=1S/C10H14N4O4/c1-17-10-8(14(15)16)9(12-6-13-10)11-4-7-2-3-18-5-7/h6-7H,2-5H2,1H3,(H,11,12,13). The Hall–Kier alpha value is -1.96. The number of ether oxygens (including phenoxy) is 2. The average Bonchev–Trinajstić information content (AvgIpc) is 2.88. The Kier molecular flexibility index (Phi) is 3.88. The van der Waals surface area contributed by atoms with Gasteiger partial charge in [-0.1, -0.05) is 0 Å². The molecule has 18 heavy (non-hydrogen) atoms. The molecule has 8 heteroatoms. The van der Waals surface area contributed by atoms with E-state index in [1.807, 2.05) is 0 Å². The molecule has 1 aromatic heterocycles. The van der Waals surface area contributed by atoms with E-state index in [9.17, 15) is 10.1 Å². The number of nitro groups is 1. The minimum absolute atomic E-state index is 0.0415. The first-order chi connectivity index (χ1) is 8.72. The topological polar surface area (TPSA) is 99.4 Å². The summed E-state index contributed by atoms with van der Waals surface area (Å²) in [4.78, 5) is 18.0. The van der Waals surface area contributed by atoms with Crippen LogP contribution in [-0.4, -0.2) is 41.8 Å². The van der Waals surface area contributed by atoms with Crippen molar-refractivity contribution in [1.29, 1.82) is 0 Å². The van der Waals surface area contributed by atoms with Gasteiger partial charge >= 0.3 is 5.69 Å². The fourth-order valence-corrected chi connectivity index (χ4v) is 1.79. The van der Waals surface area contributed by atoms with Crippen molar-refractivity contribution in [3.8, 4) is 5.88 Å². The summed E-state index contributed by atoms with van der Waals surface area (Å²) in [5.74, 6) is 0.490. The van der Waals surface area contributed by atoms with E-state index in [2.05, 4.69) is 15.3 Å². The third-order valence-electron chi connectivity index (χ3n) is 2.75. The number of nitrogens with one attached hydrogen (secondary N) is 1. The van der Waals surface area contributed by atoms with Crippen LogP contribution in [0.4, 0.5) is 11.5 Å². The van der Waals surface area contributed by atoms with Gasteiger partial charge in [-0.15, -0.1) is 0 Å². The quantitative estimate of drug-likeness (QED) is 0.613. The van der Waals surface area contributed by atoms with Crippen LogP contribution in [0.5, 0.6) is 5.88 Å². The zero-order chi connectivity index (χ0) is 13.0. The molecule has 1 saturated heterocycles. The van der Waals surface area contributed by atoms with Crippen molar-refractivity contribution in [2.24, 2.45) is 5.92 Å². The Morgan fingerprint density at radius 3 is 3.11 bits per heavy atom. The van der Waals surface area contributed by atoms with Gasteiger partial charge in [-0.05, 0) is 6.42 Å². The summed E-state index contributed by atoms with van der Waals surface area (Å²) in [5.41, 5.74) is -0.237. The number of methoxy groups -OCH3 is 1. The number of hydrogen-bond donors (Lipinski definition) is 1. The number of nitrogens with zero attached hydrogens (tertiary/aromatic N) is 3. The summed E-state index contributed by atoms with van der Waals surface area (Å²) in [6.45, 7) is 1.99. The molecular weight excluding hydrogens is 240 g/mol. The highest BCUT2D eigenvalue weighted by Crippen LogP contribution is 2.30. The van der Waals surface area contributed by atoms with Crippen LogP contribution in [0.1, 0.15) is 6.42 Å². The summed E-state index contributed by atoms with van der Waals surface area (Å²) in [6, 6.07) is 0. The lowest BCUT2D eigenvalue weighted by atomic mass is 10.1. The molecule has 1 fully saturated rings. The predicted octanol–water partition coefficient (Wildman–Crippen LogP) is 0.842. The summed E-state index contributed by atoms with van der Waals surface area (Å²) in [7, 11) is 1.34. The second-order valence-electron chi connectivity index (χ2n) is 3.95. The van der Waals surface area contributed by atoms with Gasteiger partial charge in [0, 0.05) is 19.1 Å². The molecule has 1 aliphatic heterocycles. The molecule has 2 rings (SSSR count). The van der Waals surface area contributed by atoms with E-state index >= 15 is 0 Å². The number of hydrogen-bond acceptors (Lipinski definition) is 7. The van der Waals surface area contributed by atoms with Gasteiger partial charge in [-0.25, -0.2) is 4.98 Å². The van der Waals surface area contributed by atoms with Gasteiger partial charge in [0.2, 0.25) is 5.82 Å². The van der Waals surface area contributed by atoms with E-state index in [1.54, 1.807) is 0 Å². The van der Waals surface area contributed by atoms with Gasteiger partial charge in [0.25, 0.3) is 5.88 Å². The Morgan fingerprint density at radius 1 is 1.67 bits per heavy atom. The maximum Gasteiger partial charge on any atom is 0.372 e. The number of aromatic nitrogens is 2. The molecule has 0 radical (unpaired) electrons. The molecular formula is C10H14N4O4. The maximum absolute atomic E-state index is 11.0. The lowest BCUT2D eigenvalue weighted by Gasteiger charge is -2.10. The molecule has 0 amide bonds. The minimum atomic E-state index is -0.549. The van der Waals surface area contributed by atoms with Crippen molar-refractivity contribution in [3.05, 3.63) is 16.4 Å². The van der Waals surface area contributed by atoms with Gasteiger partial charge in [0.15, 0.2) is 0 Å². The second kappa shape index (κ2) is 5.58. The molecule has 0 aliphatic carbocycles. The maximum atomic E-state index is 11.0. The summed E-state index contributed by atoms with van der Waals surface area (Å²) in [5, 5.41) is 13.9. The first kappa shape index (κ1) is 12.5. The monoisotopic (exact) mass is 254 g/mol. The Morgan fingerprint density at radius 2 is 2.50 bits per heavy atom. The fraction of sp³-hybridized carbons (Fsp3) is 0.600. The Labute approximate surface area is 103 Å². The molecule has 0 spiro atoms. The molecule has 8 nitrogen and oxygen atoms in total. The van der Waals surface area contributed by atoms with Crippen molar-refractivity contribution < 1.29 is 14.4 Å². The normalized spacial score (nSPS) is 18.6. The molecule has 0 aromatic carbocycles. The average molecular weight is 254 g/mol. The smallest absolute Gasteiger partial charge is 0.372 e.